The van der Waals surface area contributed by atoms with Crippen molar-refractivity contribution in [1.82, 2.24) is 0 Å². The molecule has 0 radical (unpaired) electrons. The Morgan fingerprint density at radius 2 is 2.06 bits per heavy atom. The molecule has 1 aliphatic rings. The molecule has 3 heteroatoms. The van der Waals surface area contributed by atoms with Crippen LogP contribution in [-0.2, 0) is 11.2 Å². The second-order valence-corrected chi connectivity index (χ2v) is 5.36. The fraction of sp³-hybridized carbons (Fsp3) is 0.462. The third-order valence-corrected chi connectivity index (χ3v) is 3.30. The van der Waals surface area contributed by atoms with E-state index in [0.29, 0.717) is 12.0 Å². The van der Waals surface area contributed by atoms with Crippen molar-refractivity contribution in [2.45, 2.75) is 26.3 Å². The molecule has 0 unspecified atom stereocenters. The molecule has 0 saturated carbocycles. The molecule has 0 amide bonds. The highest BCUT2D eigenvalue weighted by Gasteiger charge is 2.21. The van der Waals surface area contributed by atoms with Crippen molar-refractivity contribution in [3.8, 4) is 0 Å². The highest BCUT2D eigenvalue weighted by atomic mass is 79.9. The molecule has 0 saturated heterocycles. The third kappa shape index (κ3) is 2.85. The Morgan fingerprint density at radius 1 is 1.38 bits per heavy atom. The molecule has 1 aromatic rings. The minimum Gasteiger partial charge on any atom is -0.478 e. The Morgan fingerprint density at radius 3 is 2.62 bits per heavy atom. The number of nitrogens with zero attached hydrogens (tertiary/aromatic N) is 1. The van der Waals surface area contributed by atoms with Crippen molar-refractivity contribution in [2.75, 3.05) is 6.61 Å². The summed E-state index contributed by atoms with van der Waals surface area (Å²) in [4.78, 5) is 4.59. The standard InChI is InChI=1S/C13H16BrNO/c1-9(2)12-8-16-13(15-12)7-10-3-5-11(14)6-4-10/h3-6,9,12H,7-8H2,1-2H3/t12-/m1/s1. The van der Waals surface area contributed by atoms with Gasteiger partial charge in [-0.15, -0.1) is 0 Å². The average molecular weight is 282 g/mol. The van der Waals surface area contributed by atoms with Crippen LogP contribution in [0.4, 0.5) is 0 Å². The molecule has 1 aromatic carbocycles. The van der Waals surface area contributed by atoms with Gasteiger partial charge in [0.15, 0.2) is 5.90 Å². The third-order valence-electron chi connectivity index (χ3n) is 2.77. The summed E-state index contributed by atoms with van der Waals surface area (Å²) in [5.74, 6) is 1.43. The number of rotatable bonds is 3. The van der Waals surface area contributed by atoms with E-state index >= 15 is 0 Å². The summed E-state index contributed by atoms with van der Waals surface area (Å²) >= 11 is 3.43. The summed E-state index contributed by atoms with van der Waals surface area (Å²) in [5.41, 5.74) is 1.24. The number of aliphatic imine (C=N–C) groups is 1. The van der Waals surface area contributed by atoms with Crippen molar-refractivity contribution in [3.63, 3.8) is 0 Å². The van der Waals surface area contributed by atoms with Crippen molar-refractivity contribution < 1.29 is 4.74 Å². The fourth-order valence-corrected chi connectivity index (χ4v) is 1.92. The number of hydrogen-bond donors (Lipinski definition) is 0. The van der Waals surface area contributed by atoms with Crippen LogP contribution in [-0.4, -0.2) is 18.5 Å². The van der Waals surface area contributed by atoms with E-state index in [4.69, 9.17) is 4.74 Å². The summed E-state index contributed by atoms with van der Waals surface area (Å²) in [6.07, 6.45) is 0.802. The molecule has 1 heterocycles. The van der Waals surface area contributed by atoms with Gasteiger partial charge in [0.05, 0.1) is 6.04 Å². The first-order valence-electron chi connectivity index (χ1n) is 5.59. The lowest BCUT2D eigenvalue weighted by Gasteiger charge is -2.06. The lowest BCUT2D eigenvalue weighted by atomic mass is 10.1. The van der Waals surface area contributed by atoms with Crippen LogP contribution in [0.15, 0.2) is 33.7 Å². The molecule has 16 heavy (non-hydrogen) atoms. The molecule has 86 valence electrons. The predicted octanol–water partition coefficient (Wildman–Crippen LogP) is 3.44. The maximum absolute atomic E-state index is 5.60. The van der Waals surface area contributed by atoms with Crippen molar-refractivity contribution in [3.05, 3.63) is 34.3 Å². The van der Waals surface area contributed by atoms with Crippen LogP contribution in [0.1, 0.15) is 19.4 Å². The average Bonchev–Trinajstić information content (AvgIpc) is 2.70. The van der Waals surface area contributed by atoms with E-state index < -0.39 is 0 Å². The van der Waals surface area contributed by atoms with Gasteiger partial charge in [-0.3, -0.25) is 0 Å². The molecule has 0 fully saturated rings. The molecule has 0 spiro atoms. The Labute approximate surface area is 105 Å². The van der Waals surface area contributed by atoms with Crippen LogP contribution in [0.2, 0.25) is 0 Å². The van der Waals surface area contributed by atoms with Gasteiger partial charge in [-0.2, -0.15) is 0 Å². The molecule has 2 nitrogen and oxygen atoms in total. The second kappa shape index (κ2) is 5.00. The van der Waals surface area contributed by atoms with Crippen LogP contribution in [0.3, 0.4) is 0 Å². The molecule has 0 bridgehead atoms. The van der Waals surface area contributed by atoms with Gasteiger partial charge in [-0.1, -0.05) is 41.9 Å². The highest BCUT2D eigenvalue weighted by molar-refractivity contribution is 9.10. The van der Waals surface area contributed by atoms with Gasteiger partial charge in [0.1, 0.15) is 6.61 Å². The minimum absolute atomic E-state index is 0.338. The van der Waals surface area contributed by atoms with Crippen LogP contribution >= 0.6 is 15.9 Å². The van der Waals surface area contributed by atoms with E-state index in [1.807, 2.05) is 12.1 Å². The van der Waals surface area contributed by atoms with Crippen molar-refractivity contribution in [2.24, 2.45) is 10.9 Å². The topological polar surface area (TPSA) is 21.6 Å². The smallest absolute Gasteiger partial charge is 0.188 e. The Bertz CT molecular complexity index is 383. The number of hydrogen-bond acceptors (Lipinski definition) is 2. The zero-order valence-electron chi connectivity index (χ0n) is 9.61. The maximum atomic E-state index is 5.60. The first kappa shape index (κ1) is 11.6. The SMILES string of the molecule is CC(C)[C@H]1COC(Cc2ccc(Br)cc2)=N1. The Kier molecular flexibility index (Phi) is 3.64. The van der Waals surface area contributed by atoms with Gasteiger partial charge in [-0.25, -0.2) is 4.99 Å². The van der Waals surface area contributed by atoms with E-state index in [2.05, 4.69) is 46.9 Å². The van der Waals surface area contributed by atoms with E-state index in [9.17, 15) is 0 Å². The summed E-state index contributed by atoms with van der Waals surface area (Å²) in [6, 6.07) is 8.62. The monoisotopic (exact) mass is 281 g/mol. The maximum Gasteiger partial charge on any atom is 0.188 e. The first-order valence-corrected chi connectivity index (χ1v) is 6.38. The number of ether oxygens (including phenoxy) is 1. The van der Waals surface area contributed by atoms with Gasteiger partial charge in [0, 0.05) is 10.9 Å². The van der Waals surface area contributed by atoms with Gasteiger partial charge in [-0.05, 0) is 23.6 Å². The molecule has 0 aromatic heterocycles. The number of halogens is 1. The van der Waals surface area contributed by atoms with E-state index in [1.165, 1.54) is 5.56 Å². The number of benzene rings is 1. The summed E-state index contributed by atoms with van der Waals surface area (Å²) < 4.78 is 6.70. The lowest BCUT2D eigenvalue weighted by Crippen LogP contribution is -2.13. The van der Waals surface area contributed by atoms with Gasteiger partial charge in [0.25, 0.3) is 0 Å². The fourth-order valence-electron chi connectivity index (χ4n) is 1.66. The minimum atomic E-state index is 0.338. The lowest BCUT2D eigenvalue weighted by molar-refractivity contribution is 0.287. The van der Waals surface area contributed by atoms with Gasteiger partial charge in [0.2, 0.25) is 0 Å². The molecule has 1 atom stereocenters. The van der Waals surface area contributed by atoms with E-state index in [1.54, 1.807) is 0 Å². The predicted molar refractivity (Wildman–Crippen MR) is 69.9 cm³/mol. The van der Waals surface area contributed by atoms with Crippen molar-refractivity contribution in [1.29, 1.82) is 0 Å². The van der Waals surface area contributed by atoms with E-state index in [0.717, 1.165) is 23.4 Å². The zero-order valence-corrected chi connectivity index (χ0v) is 11.2. The van der Waals surface area contributed by atoms with Crippen LogP contribution < -0.4 is 0 Å². The summed E-state index contributed by atoms with van der Waals surface area (Å²) in [5, 5.41) is 0. The zero-order chi connectivity index (χ0) is 11.5. The summed E-state index contributed by atoms with van der Waals surface area (Å²) in [6.45, 7) is 5.10. The first-order chi connectivity index (χ1) is 7.65. The molecular formula is C13H16BrNO. The van der Waals surface area contributed by atoms with Crippen LogP contribution in [0, 0.1) is 5.92 Å². The van der Waals surface area contributed by atoms with Crippen LogP contribution in [0.25, 0.3) is 0 Å². The molecule has 0 aliphatic carbocycles. The highest BCUT2D eigenvalue weighted by Crippen LogP contribution is 2.17. The summed E-state index contributed by atoms with van der Waals surface area (Å²) in [7, 11) is 0. The molecule has 0 N–H and O–H groups in total. The van der Waals surface area contributed by atoms with Crippen LogP contribution in [0.5, 0.6) is 0 Å². The molecular weight excluding hydrogens is 266 g/mol. The Balaban J connectivity index is 2.01. The normalized spacial score (nSPS) is 19.8. The largest absolute Gasteiger partial charge is 0.478 e. The second-order valence-electron chi connectivity index (χ2n) is 4.45. The molecule has 2 rings (SSSR count). The Hall–Kier alpha value is -0.830. The van der Waals surface area contributed by atoms with Crippen molar-refractivity contribution >= 4 is 21.8 Å². The van der Waals surface area contributed by atoms with Gasteiger partial charge < -0.3 is 4.74 Å². The van der Waals surface area contributed by atoms with E-state index in [-0.39, 0.29) is 0 Å². The molecule has 1 aliphatic heterocycles. The quantitative estimate of drug-likeness (QED) is 0.832. The van der Waals surface area contributed by atoms with Gasteiger partial charge >= 0.3 is 0 Å².